The summed E-state index contributed by atoms with van der Waals surface area (Å²) in [7, 11) is -2.65. The van der Waals surface area contributed by atoms with Gasteiger partial charge in [-0.2, -0.15) is 0 Å². The smallest absolute Gasteiger partial charge is 0.244 e. The highest BCUT2D eigenvalue weighted by Gasteiger charge is 2.22. The molecule has 1 N–H and O–H groups in total. The van der Waals surface area contributed by atoms with E-state index in [1.54, 1.807) is 31.2 Å². The second-order valence-corrected chi connectivity index (χ2v) is 6.37. The molecule has 0 bridgehead atoms. The standard InChI is InChI=1S/C15H15F2NO3S/c1-10(11-3-6-13(21-2)7-4-11)18-22(19,20)15-9-12(16)5-8-14(15)17/h3-10,18H,1-2H3/t10-/m1/s1. The minimum absolute atomic E-state index is 0.612. The van der Waals surface area contributed by atoms with E-state index in [2.05, 4.69) is 4.72 Å². The second kappa shape index (κ2) is 6.41. The Labute approximate surface area is 127 Å². The zero-order chi connectivity index (χ0) is 16.3. The number of halogens is 2. The lowest BCUT2D eigenvalue weighted by Gasteiger charge is -2.15. The number of rotatable bonds is 5. The van der Waals surface area contributed by atoms with Crippen molar-refractivity contribution in [3.8, 4) is 5.75 Å². The van der Waals surface area contributed by atoms with Crippen LogP contribution < -0.4 is 9.46 Å². The molecule has 0 radical (unpaired) electrons. The van der Waals surface area contributed by atoms with Gasteiger partial charge in [-0.05, 0) is 42.8 Å². The van der Waals surface area contributed by atoms with Crippen molar-refractivity contribution in [2.45, 2.75) is 17.9 Å². The Hall–Kier alpha value is -1.99. The Morgan fingerprint density at radius 1 is 1.09 bits per heavy atom. The van der Waals surface area contributed by atoms with E-state index in [1.807, 2.05) is 0 Å². The van der Waals surface area contributed by atoms with Gasteiger partial charge in [0, 0.05) is 6.04 Å². The molecule has 0 spiro atoms. The SMILES string of the molecule is COc1ccc([C@@H](C)NS(=O)(=O)c2cc(F)ccc2F)cc1. The molecule has 2 rings (SSSR count). The van der Waals surface area contributed by atoms with E-state index < -0.39 is 32.6 Å². The van der Waals surface area contributed by atoms with E-state index in [0.29, 0.717) is 17.4 Å². The summed E-state index contributed by atoms with van der Waals surface area (Å²) in [6.45, 7) is 1.61. The van der Waals surface area contributed by atoms with Crippen molar-refractivity contribution in [3.63, 3.8) is 0 Å². The Morgan fingerprint density at radius 2 is 1.73 bits per heavy atom. The fourth-order valence-corrected chi connectivity index (χ4v) is 3.26. The minimum atomic E-state index is -4.17. The third-order valence-electron chi connectivity index (χ3n) is 3.13. The minimum Gasteiger partial charge on any atom is -0.497 e. The highest BCUT2D eigenvalue weighted by atomic mass is 32.2. The summed E-state index contributed by atoms with van der Waals surface area (Å²) in [5.74, 6) is -1.19. The molecule has 0 fully saturated rings. The first-order chi connectivity index (χ1) is 10.3. The number of nitrogens with one attached hydrogen (secondary N) is 1. The fraction of sp³-hybridized carbons (Fsp3) is 0.200. The van der Waals surface area contributed by atoms with Gasteiger partial charge in [0.2, 0.25) is 10.0 Å². The van der Waals surface area contributed by atoms with Crippen LogP contribution in [0.4, 0.5) is 8.78 Å². The molecule has 0 amide bonds. The molecule has 0 aliphatic rings. The van der Waals surface area contributed by atoms with Gasteiger partial charge in [-0.3, -0.25) is 0 Å². The van der Waals surface area contributed by atoms with E-state index in [4.69, 9.17) is 4.74 Å². The molecule has 0 aromatic heterocycles. The quantitative estimate of drug-likeness (QED) is 0.918. The van der Waals surface area contributed by atoms with Gasteiger partial charge in [0.25, 0.3) is 0 Å². The van der Waals surface area contributed by atoms with E-state index >= 15 is 0 Å². The Morgan fingerprint density at radius 3 is 2.32 bits per heavy atom. The summed E-state index contributed by atoms with van der Waals surface area (Å²) in [5, 5.41) is 0. The maximum Gasteiger partial charge on any atom is 0.244 e. The molecule has 4 nitrogen and oxygen atoms in total. The lowest BCUT2D eigenvalue weighted by Crippen LogP contribution is -2.27. The number of methoxy groups -OCH3 is 1. The van der Waals surface area contributed by atoms with Crippen molar-refractivity contribution in [1.29, 1.82) is 0 Å². The lowest BCUT2D eigenvalue weighted by molar-refractivity contribution is 0.414. The third kappa shape index (κ3) is 3.61. The molecule has 0 aliphatic carbocycles. The molecule has 0 saturated carbocycles. The van der Waals surface area contributed by atoms with Crippen molar-refractivity contribution in [3.05, 3.63) is 59.7 Å². The molecule has 0 heterocycles. The largest absolute Gasteiger partial charge is 0.497 e. The van der Waals surface area contributed by atoms with Gasteiger partial charge in [0.1, 0.15) is 22.3 Å². The molecule has 22 heavy (non-hydrogen) atoms. The van der Waals surface area contributed by atoms with Gasteiger partial charge in [-0.25, -0.2) is 21.9 Å². The number of benzene rings is 2. The van der Waals surface area contributed by atoms with Crippen LogP contribution in [0.5, 0.6) is 5.75 Å². The maximum atomic E-state index is 13.6. The molecule has 1 atom stereocenters. The van der Waals surface area contributed by atoms with Crippen LogP contribution >= 0.6 is 0 Å². The van der Waals surface area contributed by atoms with Gasteiger partial charge in [-0.15, -0.1) is 0 Å². The van der Waals surface area contributed by atoms with E-state index in [1.165, 1.54) is 7.11 Å². The molecule has 2 aromatic carbocycles. The van der Waals surface area contributed by atoms with Crippen LogP contribution in [-0.2, 0) is 10.0 Å². The van der Waals surface area contributed by atoms with E-state index in [0.717, 1.165) is 12.1 Å². The highest BCUT2D eigenvalue weighted by molar-refractivity contribution is 7.89. The lowest BCUT2D eigenvalue weighted by atomic mass is 10.1. The van der Waals surface area contributed by atoms with Crippen LogP contribution in [0.25, 0.3) is 0 Å². The monoisotopic (exact) mass is 327 g/mol. The fourth-order valence-electron chi connectivity index (χ4n) is 1.94. The van der Waals surface area contributed by atoms with Crippen LogP contribution in [0.15, 0.2) is 47.4 Å². The van der Waals surface area contributed by atoms with Gasteiger partial charge in [0.15, 0.2) is 0 Å². The Balaban J connectivity index is 2.25. The van der Waals surface area contributed by atoms with Crippen LogP contribution in [0.3, 0.4) is 0 Å². The summed E-state index contributed by atoms with van der Waals surface area (Å²) in [6.07, 6.45) is 0. The third-order valence-corrected chi connectivity index (χ3v) is 4.69. The van der Waals surface area contributed by atoms with Gasteiger partial charge >= 0.3 is 0 Å². The summed E-state index contributed by atoms with van der Waals surface area (Å²) in [5.41, 5.74) is 0.668. The van der Waals surface area contributed by atoms with Crippen molar-refractivity contribution in [2.24, 2.45) is 0 Å². The summed E-state index contributed by atoms with van der Waals surface area (Å²) in [4.78, 5) is -0.715. The Kier molecular flexibility index (Phi) is 4.77. The van der Waals surface area contributed by atoms with Crippen LogP contribution in [-0.4, -0.2) is 15.5 Å². The predicted octanol–water partition coefficient (Wildman–Crippen LogP) is 3.01. The first-order valence-corrected chi connectivity index (χ1v) is 7.93. The van der Waals surface area contributed by atoms with Crippen LogP contribution in [0, 0.1) is 11.6 Å². The van der Waals surface area contributed by atoms with Crippen molar-refractivity contribution >= 4 is 10.0 Å². The molecule has 0 saturated heterocycles. The zero-order valence-corrected chi connectivity index (χ0v) is 12.8. The van der Waals surface area contributed by atoms with Crippen molar-refractivity contribution < 1.29 is 21.9 Å². The van der Waals surface area contributed by atoms with Crippen LogP contribution in [0.1, 0.15) is 18.5 Å². The number of hydrogen-bond acceptors (Lipinski definition) is 3. The van der Waals surface area contributed by atoms with Crippen molar-refractivity contribution in [1.82, 2.24) is 4.72 Å². The zero-order valence-electron chi connectivity index (χ0n) is 12.0. The van der Waals surface area contributed by atoms with Gasteiger partial charge < -0.3 is 4.74 Å². The predicted molar refractivity (Wildman–Crippen MR) is 78.1 cm³/mol. The number of sulfonamides is 1. The molecular formula is C15H15F2NO3S. The molecular weight excluding hydrogens is 312 g/mol. The van der Waals surface area contributed by atoms with Gasteiger partial charge in [0.05, 0.1) is 7.11 Å². The summed E-state index contributed by atoms with van der Waals surface area (Å²) in [6, 6.07) is 8.42. The number of hydrogen-bond donors (Lipinski definition) is 1. The molecule has 118 valence electrons. The first kappa shape index (κ1) is 16.4. The maximum absolute atomic E-state index is 13.6. The first-order valence-electron chi connectivity index (χ1n) is 6.45. The molecule has 2 aromatic rings. The Bertz CT molecular complexity index is 761. The van der Waals surface area contributed by atoms with Gasteiger partial charge in [-0.1, -0.05) is 12.1 Å². The molecule has 7 heteroatoms. The molecule has 0 unspecified atom stereocenters. The normalized spacial score (nSPS) is 12.9. The van der Waals surface area contributed by atoms with E-state index in [9.17, 15) is 17.2 Å². The second-order valence-electron chi connectivity index (χ2n) is 4.69. The number of ether oxygens (including phenoxy) is 1. The average Bonchev–Trinajstić information content (AvgIpc) is 2.49. The molecule has 0 aliphatic heterocycles. The average molecular weight is 327 g/mol. The van der Waals surface area contributed by atoms with Crippen LogP contribution in [0.2, 0.25) is 0 Å². The summed E-state index contributed by atoms with van der Waals surface area (Å²) < 4.78 is 58.4. The van der Waals surface area contributed by atoms with Crippen molar-refractivity contribution in [2.75, 3.05) is 7.11 Å². The van der Waals surface area contributed by atoms with E-state index in [-0.39, 0.29) is 0 Å². The highest BCUT2D eigenvalue weighted by Crippen LogP contribution is 2.21. The summed E-state index contributed by atoms with van der Waals surface area (Å²) >= 11 is 0. The topological polar surface area (TPSA) is 55.4 Å².